The summed E-state index contributed by atoms with van der Waals surface area (Å²) in [5.41, 5.74) is 0. The first kappa shape index (κ1) is 57.2. The van der Waals surface area contributed by atoms with Crippen LogP contribution in [0.15, 0.2) is 97.2 Å². The summed E-state index contributed by atoms with van der Waals surface area (Å²) in [5.74, 6) is -1.84. The number of quaternary nitrogens is 1. The van der Waals surface area contributed by atoms with Gasteiger partial charge in [0.05, 0.1) is 40.3 Å². The lowest BCUT2D eigenvalue weighted by molar-refractivity contribution is -0.889. The highest BCUT2D eigenvalue weighted by Crippen LogP contribution is 2.12. The number of carbonyl (C=O) groups is 3. The van der Waals surface area contributed by atoms with Gasteiger partial charge >= 0.3 is 11.9 Å². The summed E-state index contributed by atoms with van der Waals surface area (Å²) in [4.78, 5) is 36.9. The number of likely N-dealkylation sites (N-methyl/N-ethyl adjacent to an activating group) is 1. The van der Waals surface area contributed by atoms with Gasteiger partial charge in [0.15, 0.2) is 6.10 Å². The first-order valence-electron chi connectivity index (χ1n) is 23.8. The maximum atomic E-state index is 12.7. The molecule has 0 saturated carbocycles. The van der Waals surface area contributed by atoms with Crippen molar-refractivity contribution in [2.24, 2.45) is 0 Å². The molecule has 0 radical (unpaired) electrons. The largest absolute Gasteiger partial charge is 0.544 e. The van der Waals surface area contributed by atoms with Gasteiger partial charge in [-0.05, 0) is 89.9 Å². The summed E-state index contributed by atoms with van der Waals surface area (Å²) in [5, 5.41) is 11.6. The average Bonchev–Trinajstić information content (AvgIpc) is 3.22. The SMILES string of the molecule is CC/C=C/C/C=C/C/C=C/C/C=C/C/C=C/C/C=C/CCCCC(=O)OCC(COCCC(C(=O)[O-])[N+](C)(C)C)OC(=O)CCCCC/C=C/C=C/CCCCCCCCC. The van der Waals surface area contributed by atoms with Gasteiger partial charge in [0.1, 0.15) is 12.6 Å². The molecule has 0 aliphatic heterocycles. The van der Waals surface area contributed by atoms with E-state index in [0.29, 0.717) is 12.8 Å². The Morgan fingerprint density at radius 2 is 0.967 bits per heavy atom. The van der Waals surface area contributed by atoms with Gasteiger partial charge in [0.2, 0.25) is 0 Å². The van der Waals surface area contributed by atoms with Crippen molar-refractivity contribution in [3.05, 3.63) is 97.2 Å². The minimum Gasteiger partial charge on any atom is -0.544 e. The van der Waals surface area contributed by atoms with Gasteiger partial charge in [0, 0.05) is 19.3 Å². The molecule has 0 aromatic heterocycles. The van der Waals surface area contributed by atoms with Crippen molar-refractivity contribution in [1.29, 1.82) is 0 Å². The standard InChI is InChI=1S/C53H87NO7/c1-6-8-10-12-14-16-18-20-22-24-25-26-27-28-30-31-33-35-37-39-41-43-51(55)60-48-49(47-59-46-45-50(53(57)58)54(3,4)5)61-52(56)44-42-40-38-36-34-32-29-23-21-19-17-15-13-11-9-7-2/h8,10,14,16,20,22-23,25-26,28-30,32-35,49-50H,6-7,9,11-13,15,17-19,21,24,27,31,36-48H2,1-5H3/b10-8+,16-14+,22-20+,26-25+,29-23+,30-28+,34-32+,35-33+. The Kier molecular flexibility index (Phi) is 40.3. The fourth-order valence-electron chi connectivity index (χ4n) is 6.30. The Morgan fingerprint density at radius 3 is 1.49 bits per heavy atom. The molecule has 0 N–H and O–H groups in total. The van der Waals surface area contributed by atoms with Crippen LogP contribution in [0.1, 0.15) is 168 Å². The van der Waals surface area contributed by atoms with Crippen molar-refractivity contribution in [3.63, 3.8) is 0 Å². The van der Waals surface area contributed by atoms with E-state index in [0.717, 1.165) is 77.0 Å². The van der Waals surface area contributed by atoms with Crippen molar-refractivity contribution in [2.75, 3.05) is 41.0 Å². The number of carboxylic acid groups (broad SMARTS) is 1. The summed E-state index contributed by atoms with van der Waals surface area (Å²) >= 11 is 0. The Bertz CT molecular complexity index is 1310. The second kappa shape index (κ2) is 42.9. The molecular weight excluding hydrogens is 763 g/mol. The van der Waals surface area contributed by atoms with Gasteiger partial charge < -0.3 is 28.6 Å². The predicted octanol–water partition coefficient (Wildman–Crippen LogP) is 12.1. The summed E-state index contributed by atoms with van der Waals surface area (Å²) in [6, 6.07) is -0.743. The van der Waals surface area contributed by atoms with Crippen LogP contribution in [-0.2, 0) is 28.6 Å². The first-order valence-corrected chi connectivity index (χ1v) is 23.8. The van der Waals surface area contributed by atoms with Crippen LogP contribution in [0, 0.1) is 0 Å². The van der Waals surface area contributed by atoms with Crippen LogP contribution in [-0.4, -0.2) is 75.5 Å². The molecule has 61 heavy (non-hydrogen) atoms. The minimum atomic E-state index is -1.14. The number of hydrogen-bond donors (Lipinski definition) is 0. The zero-order valence-corrected chi connectivity index (χ0v) is 39.3. The summed E-state index contributed by atoms with van der Waals surface area (Å²) in [6.45, 7) is 4.45. The third-order valence-corrected chi connectivity index (χ3v) is 9.98. The van der Waals surface area contributed by atoms with Crippen LogP contribution in [0.3, 0.4) is 0 Å². The highest BCUT2D eigenvalue weighted by Gasteiger charge is 2.25. The normalized spacial score (nSPS) is 13.8. The topological polar surface area (TPSA) is 102 Å². The summed E-state index contributed by atoms with van der Waals surface area (Å²) in [7, 11) is 5.38. The molecule has 2 atom stereocenters. The number of nitrogens with zero attached hydrogens (tertiary/aromatic N) is 1. The van der Waals surface area contributed by atoms with Crippen LogP contribution in [0.5, 0.6) is 0 Å². The van der Waals surface area contributed by atoms with E-state index in [4.69, 9.17) is 14.2 Å². The molecule has 0 spiro atoms. The maximum absolute atomic E-state index is 12.7. The number of carbonyl (C=O) groups excluding carboxylic acids is 3. The fraction of sp³-hybridized carbons (Fsp3) is 0.642. The van der Waals surface area contributed by atoms with Gasteiger partial charge in [0.25, 0.3) is 0 Å². The maximum Gasteiger partial charge on any atom is 0.306 e. The van der Waals surface area contributed by atoms with Gasteiger partial charge in [-0.2, -0.15) is 0 Å². The molecule has 8 nitrogen and oxygen atoms in total. The number of aliphatic carboxylic acids is 1. The van der Waals surface area contributed by atoms with Crippen LogP contribution in [0.25, 0.3) is 0 Å². The molecule has 346 valence electrons. The zero-order chi connectivity index (χ0) is 44.9. The van der Waals surface area contributed by atoms with Crippen molar-refractivity contribution in [1.82, 2.24) is 0 Å². The Morgan fingerprint density at radius 1 is 0.525 bits per heavy atom. The highest BCUT2D eigenvalue weighted by molar-refractivity contribution is 5.70. The number of rotatable bonds is 41. The Balaban J connectivity index is 4.45. The molecule has 0 bridgehead atoms. The van der Waals surface area contributed by atoms with Crippen LogP contribution in [0.2, 0.25) is 0 Å². The van der Waals surface area contributed by atoms with Crippen molar-refractivity contribution < 1.29 is 38.2 Å². The number of hydrogen-bond acceptors (Lipinski definition) is 7. The molecule has 0 aromatic rings. The average molecular weight is 850 g/mol. The lowest BCUT2D eigenvalue weighted by Gasteiger charge is -2.34. The number of unbranched alkanes of at least 4 members (excludes halogenated alkanes) is 12. The number of allylic oxidation sites excluding steroid dienone is 16. The highest BCUT2D eigenvalue weighted by atomic mass is 16.6. The lowest BCUT2D eigenvalue weighted by atomic mass is 10.1. The smallest absolute Gasteiger partial charge is 0.306 e. The van der Waals surface area contributed by atoms with Gasteiger partial charge in [-0.3, -0.25) is 9.59 Å². The molecule has 0 heterocycles. The minimum absolute atomic E-state index is 0.00981. The number of carboxylic acids is 1. The lowest BCUT2D eigenvalue weighted by Crippen LogP contribution is -2.55. The summed E-state index contributed by atoms with van der Waals surface area (Å²) in [6.07, 6.45) is 57.2. The van der Waals surface area contributed by atoms with Crippen molar-refractivity contribution in [2.45, 2.75) is 180 Å². The van der Waals surface area contributed by atoms with Crippen LogP contribution < -0.4 is 5.11 Å². The molecule has 0 saturated heterocycles. The molecule has 2 unspecified atom stereocenters. The van der Waals surface area contributed by atoms with E-state index in [1.54, 1.807) is 21.1 Å². The van der Waals surface area contributed by atoms with Gasteiger partial charge in [-0.1, -0.05) is 156 Å². The third kappa shape index (κ3) is 41.4. The molecule has 0 aromatic carbocycles. The van der Waals surface area contributed by atoms with E-state index in [-0.39, 0.29) is 55.5 Å². The Labute approximate surface area is 373 Å². The van der Waals surface area contributed by atoms with E-state index in [2.05, 4.69) is 111 Å². The van der Waals surface area contributed by atoms with E-state index in [1.165, 1.54) is 44.9 Å². The molecule has 0 aliphatic rings. The molecule has 8 heteroatoms. The predicted molar refractivity (Wildman–Crippen MR) is 254 cm³/mol. The fourth-order valence-corrected chi connectivity index (χ4v) is 6.30. The first-order chi connectivity index (χ1) is 29.6. The van der Waals surface area contributed by atoms with Crippen molar-refractivity contribution >= 4 is 17.9 Å². The molecular formula is C53H87NO7. The number of esters is 2. The molecule has 0 amide bonds. The van der Waals surface area contributed by atoms with Crippen LogP contribution >= 0.6 is 0 Å². The van der Waals surface area contributed by atoms with E-state index >= 15 is 0 Å². The Hall–Kier alpha value is -3.75. The van der Waals surface area contributed by atoms with E-state index in [9.17, 15) is 19.5 Å². The quantitative estimate of drug-likeness (QED) is 0.0198. The zero-order valence-electron chi connectivity index (χ0n) is 39.3. The second-order valence-electron chi connectivity index (χ2n) is 16.6. The molecule has 0 fully saturated rings. The third-order valence-electron chi connectivity index (χ3n) is 9.98. The van der Waals surface area contributed by atoms with E-state index in [1.807, 2.05) is 0 Å². The summed E-state index contributed by atoms with van der Waals surface area (Å²) < 4.78 is 17.1. The van der Waals surface area contributed by atoms with Crippen molar-refractivity contribution in [3.8, 4) is 0 Å². The number of ether oxygens (including phenoxy) is 3. The monoisotopic (exact) mass is 850 g/mol. The van der Waals surface area contributed by atoms with Gasteiger partial charge in [-0.15, -0.1) is 0 Å². The van der Waals surface area contributed by atoms with Crippen LogP contribution in [0.4, 0.5) is 0 Å². The molecule has 0 rings (SSSR count). The molecule has 0 aliphatic carbocycles. The second-order valence-corrected chi connectivity index (χ2v) is 16.6. The van der Waals surface area contributed by atoms with Gasteiger partial charge in [-0.25, -0.2) is 0 Å². The van der Waals surface area contributed by atoms with E-state index < -0.39 is 18.1 Å².